The highest BCUT2D eigenvalue weighted by Crippen LogP contribution is 2.25. The molecule has 0 radical (unpaired) electrons. The predicted octanol–water partition coefficient (Wildman–Crippen LogP) is 3.10. The molecule has 2 N–H and O–H groups in total. The van der Waals surface area contributed by atoms with E-state index in [2.05, 4.69) is 10.6 Å². The fourth-order valence-corrected chi connectivity index (χ4v) is 2.22. The molecule has 0 aromatic heterocycles. The van der Waals surface area contributed by atoms with Crippen LogP contribution in [-0.2, 0) is 4.79 Å². The Balaban J connectivity index is 1.92. The second kappa shape index (κ2) is 9.46. The molecule has 138 valence electrons. The summed E-state index contributed by atoms with van der Waals surface area (Å²) in [5.41, 5.74) is 1.03. The molecule has 6 heteroatoms. The van der Waals surface area contributed by atoms with Gasteiger partial charge in [0.25, 0.3) is 11.8 Å². The van der Waals surface area contributed by atoms with Gasteiger partial charge in [-0.15, -0.1) is 0 Å². The lowest BCUT2D eigenvalue weighted by Crippen LogP contribution is -2.27. The van der Waals surface area contributed by atoms with E-state index < -0.39 is 0 Å². The Labute approximate surface area is 153 Å². The van der Waals surface area contributed by atoms with Crippen molar-refractivity contribution in [2.75, 3.05) is 25.6 Å². The minimum absolute atomic E-state index is 0.163. The molecule has 2 rings (SSSR count). The number of rotatable bonds is 8. The molecule has 0 aliphatic heterocycles. The maximum absolute atomic E-state index is 12.1. The third kappa shape index (κ3) is 5.81. The van der Waals surface area contributed by atoms with E-state index in [1.165, 1.54) is 7.11 Å². The number of benzene rings is 2. The van der Waals surface area contributed by atoms with Crippen molar-refractivity contribution in [3.63, 3.8) is 0 Å². The minimum Gasteiger partial charge on any atom is -0.493 e. The lowest BCUT2D eigenvalue weighted by atomic mass is 10.1. The Morgan fingerprint density at radius 3 is 2.46 bits per heavy atom. The maximum atomic E-state index is 12.1. The Kier molecular flexibility index (Phi) is 7.02. The van der Waals surface area contributed by atoms with Crippen LogP contribution < -0.4 is 20.1 Å². The number of hydrogen-bond donors (Lipinski definition) is 2. The van der Waals surface area contributed by atoms with Gasteiger partial charge in [0, 0.05) is 17.8 Å². The van der Waals surface area contributed by atoms with Crippen molar-refractivity contribution in [2.45, 2.75) is 13.8 Å². The summed E-state index contributed by atoms with van der Waals surface area (Å²) in [6, 6.07) is 13.9. The fourth-order valence-electron chi connectivity index (χ4n) is 2.22. The summed E-state index contributed by atoms with van der Waals surface area (Å²) in [5, 5.41) is 5.57. The van der Waals surface area contributed by atoms with Gasteiger partial charge in [0.15, 0.2) is 18.1 Å². The molecule has 0 heterocycles. The Morgan fingerprint density at radius 1 is 1.04 bits per heavy atom. The van der Waals surface area contributed by atoms with E-state index in [9.17, 15) is 9.59 Å². The molecular weight excluding hydrogens is 332 g/mol. The van der Waals surface area contributed by atoms with Crippen LogP contribution >= 0.6 is 0 Å². The average molecular weight is 356 g/mol. The van der Waals surface area contributed by atoms with E-state index in [0.29, 0.717) is 35.2 Å². The third-order valence-corrected chi connectivity index (χ3v) is 3.51. The molecule has 2 aromatic carbocycles. The van der Waals surface area contributed by atoms with Crippen LogP contribution in [0.25, 0.3) is 0 Å². The molecule has 0 fully saturated rings. The summed E-state index contributed by atoms with van der Waals surface area (Å²) in [6.07, 6.45) is 0. The van der Waals surface area contributed by atoms with Crippen LogP contribution in [0, 0.1) is 5.92 Å². The van der Waals surface area contributed by atoms with E-state index in [1.54, 1.807) is 42.5 Å². The standard InChI is InChI=1S/C20H24N2O4/c1-14(2)12-21-20(24)15-7-6-8-16(11-15)22-19(23)13-26-18-10-5-4-9-17(18)25-3/h4-11,14H,12-13H2,1-3H3,(H,21,24)(H,22,23). The van der Waals surface area contributed by atoms with Gasteiger partial charge < -0.3 is 20.1 Å². The minimum atomic E-state index is -0.323. The van der Waals surface area contributed by atoms with Gasteiger partial charge in [0.05, 0.1) is 7.11 Å². The number of amides is 2. The van der Waals surface area contributed by atoms with Gasteiger partial charge in [0.2, 0.25) is 0 Å². The van der Waals surface area contributed by atoms with Crippen molar-refractivity contribution in [1.29, 1.82) is 0 Å². The molecule has 0 aliphatic rings. The first kappa shape index (κ1) is 19.3. The summed E-state index contributed by atoms with van der Waals surface area (Å²) >= 11 is 0. The van der Waals surface area contributed by atoms with Crippen molar-refractivity contribution < 1.29 is 19.1 Å². The van der Waals surface area contributed by atoms with Crippen LogP contribution in [0.1, 0.15) is 24.2 Å². The Morgan fingerprint density at radius 2 is 1.77 bits per heavy atom. The zero-order valence-electron chi connectivity index (χ0n) is 15.2. The van der Waals surface area contributed by atoms with Crippen molar-refractivity contribution in [3.05, 3.63) is 54.1 Å². The van der Waals surface area contributed by atoms with Crippen LogP contribution in [0.15, 0.2) is 48.5 Å². The van der Waals surface area contributed by atoms with Gasteiger partial charge in [-0.1, -0.05) is 32.0 Å². The van der Waals surface area contributed by atoms with Crippen LogP contribution in [0.4, 0.5) is 5.69 Å². The summed E-state index contributed by atoms with van der Waals surface area (Å²) in [6.45, 7) is 4.49. The predicted molar refractivity (Wildman–Crippen MR) is 101 cm³/mol. The molecule has 2 amide bonds. The monoisotopic (exact) mass is 356 g/mol. The van der Waals surface area contributed by atoms with Gasteiger partial charge in [-0.2, -0.15) is 0 Å². The van der Waals surface area contributed by atoms with E-state index in [0.717, 1.165) is 0 Å². The molecule has 0 aliphatic carbocycles. The molecule has 0 saturated carbocycles. The number of methoxy groups -OCH3 is 1. The summed E-state index contributed by atoms with van der Waals surface area (Å²) in [7, 11) is 1.54. The van der Waals surface area contributed by atoms with Gasteiger partial charge in [-0.25, -0.2) is 0 Å². The normalized spacial score (nSPS) is 10.3. The summed E-state index contributed by atoms with van der Waals surface area (Å²) < 4.78 is 10.7. The highest BCUT2D eigenvalue weighted by Gasteiger charge is 2.10. The zero-order chi connectivity index (χ0) is 18.9. The first-order chi connectivity index (χ1) is 12.5. The summed E-state index contributed by atoms with van der Waals surface area (Å²) in [4.78, 5) is 24.2. The Hall–Kier alpha value is -3.02. The largest absolute Gasteiger partial charge is 0.493 e. The van der Waals surface area contributed by atoms with E-state index in [4.69, 9.17) is 9.47 Å². The van der Waals surface area contributed by atoms with Crippen LogP contribution in [0.2, 0.25) is 0 Å². The lowest BCUT2D eigenvalue weighted by Gasteiger charge is -2.11. The number of para-hydroxylation sites is 2. The zero-order valence-corrected chi connectivity index (χ0v) is 15.2. The van der Waals surface area contributed by atoms with Crippen molar-refractivity contribution in [1.82, 2.24) is 5.32 Å². The first-order valence-electron chi connectivity index (χ1n) is 8.43. The fraction of sp³-hybridized carbons (Fsp3) is 0.300. The first-order valence-corrected chi connectivity index (χ1v) is 8.43. The Bertz CT molecular complexity index is 759. The molecule has 0 spiro atoms. The van der Waals surface area contributed by atoms with E-state index in [1.807, 2.05) is 19.9 Å². The second-order valence-corrected chi connectivity index (χ2v) is 6.17. The van der Waals surface area contributed by atoms with Gasteiger partial charge in [-0.05, 0) is 36.2 Å². The van der Waals surface area contributed by atoms with Gasteiger partial charge in [0.1, 0.15) is 0 Å². The van der Waals surface area contributed by atoms with E-state index in [-0.39, 0.29) is 18.4 Å². The SMILES string of the molecule is COc1ccccc1OCC(=O)Nc1cccc(C(=O)NCC(C)C)c1. The van der Waals surface area contributed by atoms with Crippen molar-refractivity contribution in [2.24, 2.45) is 5.92 Å². The number of ether oxygens (including phenoxy) is 2. The van der Waals surface area contributed by atoms with E-state index >= 15 is 0 Å². The number of nitrogens with one attached hydrogen (secondary N) is 2. The number of carbonyl (C=O) groups is 2. The lowest BCUT2D eigenvalue weighted by molar-refractivity contribution is -0.118. The topological polar surface area (TPSA) is 76.7 Å². The second-order valence-electron chi connectivity index (χ2n) is 6.17. The van der Waals surface area contributed by atoms with Crippen LogP contribution in [0.3, 0.4) is 0 Å². The van der Waals surface area contributed by atoms with Gasteiger partial charge in [-0.3, -0.25) is 9.59 Å². The third-order valence-electron chi connectivity index (χ3n) is 3.51. The van der Waals surface area contributed by atoms with Gasteiger partial charge >= 0.3 is 0 Å². The van der Waals surface area contributed by atoms with Crippen LogP contribution in [0.5, 0.6) is 11.5 Å². The smallest absolute Gasteiger partial charge is 0.262 e. The van der Waals surface area contributed by atoms with Crippen molar-refractivity contribution in [3.8, 4) is 11.5 Å². The summed E-state index contributed by atoms with van der Waals surface area (Å²) in [5.74, 6) is 0.931. The maximum Gasteiger partial charge on any atom is 0.262 e. The molecule has 6 nitrogen and oxygen atoms in total. The molecule has 0 unspecified atom stereocenters. The quantitative estimate of drug-likeness (QED) is 0.762. The number of anilines is 1. The number of hydrogen-bond acceptors (Lipinski definition) is 4. The number of carbonyl (C=O) groups excluding carboxylic acids is 2. The molecular formula is C20H24N2O4. The molecule has 2 aromatic rings. The average Bonchev–Trinajstić information content (AvgIpc) is 2.64. The van der Waals surface area contributed by atoms with Crippen LogP contribution in [-0.4, -0.2) is 32.1 Å². The molecule has 26 heavy (non-hydrogen) atoms. The molecule has 0 atom stereocenters. The highest BCUT2D eigenvalue weighted by atomic mass is 16.5. The molecule has 0 saturated heterocycles. The highest BCUT2D eigenvalue weighted by molar-refractivity contribution is 5.97. The molecule has 0 bridgehead atoms. The van der Waals surface area contributed by atoms with Crippen molar-refractivity contribution >= 4 is 17.5 Å².